The van der Waals surface area contributed by atoms with Crippen molar-refractivity contribution in [1.82, 2.24) is 10.3 Å². The number of amides is 1. The Kier molecular flexibility index (Phi) is 5.10. The van der Waals surface area contributed by atoms with E-state index in [1.807, 2.05) is 13.8 Å². The molecule has 0 saturated heterocycles. The van der Waals surface area contributed by atoms with Gasteiger partial charge in [0.2, 0.25) is 5.91 Å². The van der Waals surface area contributed by atoms with E-state index in [1.165, 1.54) is 19.3 Å². The van der Waals surface area contributed by atoms with Crippen molar-refractivity contribution in [2.45, 2.75) is 46.0 Å². The quantitative estimate of drug-likeness (QED) is 0.847. The number of Topliss-reactive ketones (excluding diaryl/α,β-unsaturated/α-hetero) is 1. The minimum absolute atomic E-state index is 0.0198. The van der Waals surface area contributed by atoms with Crippen LogP contribution in [0.4, 0.5) is 0 Å². The van der Waals surface area contributed by atoms with Crippen LogP contribution in [0.15, 0.2) is 24.4 Å². The van der Waals surface area contributed by atoms with Crippen LogP contribution in [0.5, 0.6) is 0 Å². The highest BCUT2D eigenvalue weighted by Gasteiger charge is 2.37. The molecule has 1 aromatic heterocycles. The zero-order valence-electron chi connectivity index (χ0n) is 12.9. The first-order valence-corrected chi connectivity index (χ1v) is 7.74. The third-order valence-electron chi connectivity index (χ3n) is 4.57. The van der Waals surface area contributed by atoms with Gasteiger partial charge >= 0.3 is 0 Å². The van der Waals surface area contributed by atoms with E-state index < -0.39 is 5.41 Å². The number of pyridine rings is 1. The molecular formula is C17H24N2O2. The number of nitrogens with zero attached hydrogens (tertiary/aromatic N) is 1. The van der Waals surface area contributed by atoms with Crippen LogP contribution in [0.2, 0.25) is 0 Å². The van der Waals surface area contributed by atoms with Gasteiger partial charge in [-0.15, -0.1) is 0 Å². The fourth-order valence-electron chi connectivity index (χ4n) is 3.02. The molecule has 1 N–H and O–H groups in total. The van der Waals surface area contributed by atoms with E-state index in [-0.39, 0.29) is 18.2 Å². The molecule has 1 amide bonds. The molecule has 2 rings (SSSR count). The van der Waals surface area contributed by atoms with Gasteiger partial charge in [-0.05, 0) is 30.9 Å². The van der Waals surface area contributed by atoms with E-state index in [0.29, 0.717) is 11.6 Å². The Hall–Kier alpha value is -1.71. The van der Waals surface area contributed by atoms with Crippen molar-refractivity contribution in [3.63, 3.8) is 0 Å². The van der Waals surface area contributed by atoms with Crippen molar-refractivity contribution < 1.29 is 9.59 Å². The summed E-state index contributed by atoms with van der Waals surface area (Å²) >= 11 is 0. The van der Waals surface area contributed by atoms with Crippen molar-refractivity contribution in [1.29, 1.82) is 0 Å². The average molecular weight is 288 g/mol. The van der Waals surface area contributed by atoms with Gasteiger partial charge in [-0.2, -0.15) is 0 Å². The molecule has 1 fully saturated rings. The summed E-state index contributed by atoms with van der Waals surface area (Å²) in [7, 11) is 0. The Labute approximate surface area is 126 Å². The van der Waals surface area contributed by atoms with Crippen LogP contribution in [-0.4, -0.2) is 23.2 Å². The van der Waals surface area contributed by atoms with E-state index in [0.717, 1.165) is 12.8 Å². The zero-order chi connectivity index (χ0) is 15.3. The Balaban J connectivity index is 1.90. The van der Waals surface area contributed by atoms with Gasteiger partial charge in [0.05, 0.1) is 6.54 Å². The molecule has 0 spiro atoms. The molecule has 4 nitrogen and oxygen atoms in total. The topological polar surface area (TPSA) is 59.1 Å². The van der Waals surface area contributed by atoms with Crippen molar-refractivity contribution in [2.75, 3.05) is 6.54 Å². The van der Waals surface area contributed by atoms with Gasteiger partial charge < -0.3 is 5.32 Å². The summed E-state index contributed by atoms with van der Waals surface area (Å²) in [5, 5.41) is 2.79. The lowest BCUT2D eigenvalue weighted by molar-refractivity contribution is -0.132. The minimum Gasteiger partial charge on any atom is -0.348 e. The second kappa shape index (κ2) is 6.83. The van der Waals surface area contributed by atoms with Gasteiger partial charge in [-0.25, -0.2) is 0 Å². The van der Waals surface area contributed by atoms with E-state index in [1.54, 1.807) is 24.4 Å². The third kappa shape index (κ3) is 3.90. The van der Waals surface area contributed by atoms with Crippen molar-refractivity contribution in [3.8, 4) is 0 Å². The van der Waals surface area contributed by atoms with Crippen LogP contribution in [0.3, 0.4) is 0 Å². The maximum atomic E-state index is 12.4. The van der Waals surface area contributed by atoms with Crippen LogP contribution >= 0.6 is 0 Å². The Morgan fingerprint density at radius 1 is 1.24 bits per heavy atom. The summed E-state index contributed by atoms with van der Waals surface area (Å²) in [6, 6.07) is 5.20. The van der Waals surface area contributed by atoms with Crippen molar-refractivity contribution in [2.24, 2.45) is 11.3 Å². The van der Waals surface area contributed by atoms with Crippen LogP contribution < -0.4 is 5.32 Å². The molecule has 21 heavy (non-hydrogen) atoms. The third-order valence-corrected chi connectivity index (χ3v) is 4.57. The van der Waals surface area contributed by atoms with Crippen LogP contribution in [-0.2, 0) is 4.79 Å². The van der Waals surface area contributed by atoms with Crippen molar-refractivity contribution in [3.05, 3.63) is 30.1 Å². The molecular weight excluding hydrogens is 264 g/mol. The Bertz CT molecular complexity index is 491. The molecule has 114 valence electrons. The first kappa shape index (κ1) is 15.7. The summed E-state index contributed by atoms with van der Waals surface area (Å²) in [5.74, 6) is 0.235. The molecule has 4 heteroatoms. The highest BCUT2D eigenvalue weighted by Crippen LogP contribution is 2.38. The molecule has 1 aliphatic carbocycles. The van der Waals surface area contributed by atoms with Crippen molar-refractivity contribution >= 4 is 11.7 Å². The predicted octanol–water partition coefficient (Wildman–Crippen LogP) is 2.99. The van der Waals surface area contributed by atoms with Gasteiger partial charge in [0, 0.05) is 11.6 Å². The molecule has 1 aromatic rings. The SMILES string of the molecule is CC(C)(C(=O)NCC(=O)c1ccccn1)C1CCCCC1. The molecule has 0 aromatic carbocycles. The van der Waals surface area contributed by atoms with E-state index in [9.17, 15) is 9.59 Å². The fraction of sp³-hybridized carbons (Fsp3) is 0.588. The average Bonchev–Trinajstić information content (AvgIpc) is 2.53. The highest BCUT2D eigenvalue weighted by atomic mass is 16.2. The number of ketones is 1. The predicted molar refractivity (Wildman–Crippen MR) is 81.9 cm³/mol. The fourth-order valence-corrected chi connectivity index (χ4v) is 3.02. The normalized spacial score (nSPS) is 16.5. The summed E-state index contributed by atoms with van der Waals surface area (Å²) in [4.78, 5) is 28.4. The van der Waals surface area contributed by atoms with Gasteiger partial charge in [0.15, 0.2) is 5.78 Å². The van der Waals surface area contributed by atoms with Gasteiger partial charge in [0.1, 0.15) is 5.69 Å². The maximum Gasteiger partial charge on any atom is 0.226 e. The number of hydrogen-bond acceptors (Lipinski definition) is 3. The lowest BCUT2D eigenvalue weighted by Gasteiger charge is -2.35. The van der Waals surface area contributed by atoms with E-state index in [2.05, 4.69) is 10.3 Å². The molecule has 0 bridgehead atoms. The lowest BCUT2D eigenvalue weighted by atomic mass is 9.70. The number of carbonyl (C=O) groups excluding carboxylic acids is 2. The highest BCUT2D eigenvalue weighted by molar-refractivity contribution is 5.98. The maximum absolute atomic E-state index is 12.4. The van der Waals surface area contributed by atoms with Gasteiger partial charge in [-0.3, -0.25) is 14.6 Å². The smallest absolute Gasteiger partial charge is 0.226 e. The summed E-state index contributed by atoms with van der Waals surface area (Å²) < 4.78 is 0. The second-order valence-corrected chi connectivity index (χ2v) is 6.38. The number of hydrogen-bond donors (Lipinski definition) is 1. The van der Waals surface area contributed by atoms with Gasteiger partial charge in [0.25, 0.3) is 0 Å². The number of aromatic nitrogens is 1. The lowest BCUT2D eigenvalue weighted by Crippen LogP contribution is -2.44. The van der Waals surface area contributed by atoms with E-state index in [4.69, 9.17) is 0 Å². The first-order valence-electron chi connectivity index (χ1n) is 7.74. The summed E-state index contributed by atoms with van der Waals surface area (Å²) in [6.45, 7) is 4.00. The van der Waals surface area contributed by atoms with E-state index >= 15 is 0 Å². The summed E-state index contributed by atoms with van der Waals surface area (Å²) in [5.41, 5.74) is -0.0153. The first-order chi connectivity index (χ1) is 10.0. The molecule has 0 aliphatic heterocycles. The minimum atomic E-state index is -0.412. The van der Waals surface area contributed by atoms with Crippen LogP contribution in [0.25, 0.3) is 0 Å². The monoisotopic (exact) mass is 288 g/mol. The Morgan fingerprint density at radius 3 is 2.57 bits per heavy atom. The number of carbonyl (C=O) groups is 2. The molecule has 0 radical (unpaired) electrons. The van der Waals surface area contributed by atoms with Crippen LogP contribution in [0.1, 0.15) is 56.4 Å². The standard InChI is InChI=1S/C17H24N2O2/c1-17(2,13-8-4-3-5-9-13)16(21)19-12-15(20)14-10-6-7-11-18-14/h6-7,10-11,13H,3-5,8-9,12H2,1-2H3,(H,19,21). The zero-order valence-corrected chi connectivity index (χ0v) is 12.9. The number of nitrogens with one attached hydrogen (secondary N) is 1. The molecule has 1 saturated carbocycles. The molecule has 1 aliphatic rings. The van der Waals surface area contributed by atoms with Gasteiger partial charge in [-0.1, -0.05) is 39.2 Å². The number of rotatable bonds is 5. The second-order valence-electron chi connectivity index (χ2n) is 6.38. The Morgan fingerprint density at radius 2 is 1.95 bits per heavy atom. The van der Waals surface area contributed by atoms with Crippen LogP contribution in [0, 0.1) is 11.3 Å². The molecule has 0 atom stereocenters. The molecule has 1 heterocycles. The summed E-state index contributed by atoms with van der Waals surface area (Å²) in [6.07, 6.45) is 7.47. The molecule has 0 unspecified atom stereocenters. The largest absolute Gasteiger partial charge is 0.348 e.